The largest absolute Gasteiger partial charge is 0.304 e. The number of halogens is 1. The summed E-state index contributed by atoms with van der Waals surface area (Å²) in [5.74, 6) is -0.0596. The van der Waals surface area contributed by atoms with Crippen molar-refractivity contribution in [2.45, 2.75) is 0 Å². The molecule has 6 heteroatoms. The van der Waals surface area contributed by atoms with E-state index in [0.29, 0.717) is 5.69 Å². The van der Waals surface area contributed by atoms with Gasteiger partial charge in [-0.05, 0) is 11.5 Å². The van der Waals surface area contributed by atoms with E-state index >= 15 is 0 Å². The van der Waals surface area contributed by atoms with Crippen LogP contribution >= 0.6 is 11.6 Å². The Morgan fingerprint density at radius 1 is 1.15 bits per heavy atom. The molecule has 0 fully saturated rings. The van der Waals surface area contributed by atoms with E-state index in [0.717, 1.165) is 10.8 Å². The average molecular weight is 285 g/mol. The van der Waals surface area contributed by atoms with Gasteiger partial charge in [0.05, 0.1) is 12.4 Å². The molecular formula is C14H9ClN4O. The Morgan fingerprint density at radius 2 is 2.00 bits per heavy atom. The van der Waals surface area contributed by atoms with Gasteiger partial charge in [0.15, 0.2) is 5.82 Å². The second-order valence-corrected chi connectivity index (χ2v) is 4.45. The van der Waals surface area contributed by atoms with Crippen LogP contribution in [0.2, 0.25) is 5.15 Å². The van der Waals surface area contributed by atoms with Crippen LogP contribution < -0.4 is 5.32 Å². The Hall–Kier alpha value is -2.53. The number of carbonyl (C=O) groups is 1. The predicted octanol–water partition coefficient (Wildman–Crippen LogP) is 2.93. The monoisotopic (exact) mass is 284 g/mol. The summed E-state index contributed by atoms with van der Waals surface area (Å²) in [4.78, 5) is 24.2. The third-order valence-electron chi connectivity index (χ3n) is 2.74. The predicted molar refractivity (Wildman–Crippen MR) is 76.7 cm³/mol. The Morgan fingerprint density at radius 3 is 2.85 bits per heavy atom. The lowest BCUT2D eigenvalue weighted by atomic mass is 10.1. The molecule has 98 valence electrons. The van der Waals surface area contributed by atoms with Gasteiger partial charge in [0, 0.05) is 11.6 Å². The summed E-state index contributed by atoms with van der Waals surface area (Å²) in [5.41, 5.74) is 0.338. The minimum Gasteiger partial charge on any atom is -0.304 e. The van der Waals surface area contributed by atoms with Gasteiger partial charge in [0.1, 0.15) is 10.8 Å². The van der Waals surface area contributed by atoms with Crippen molar-refractivity contribution in [1.82, 2.24) is 15.0 Å². The fraction of sp³-hybridized carbons (Fsp3) is 0. The van der Waals surface area contributed by atoms with Crippen LogP contribution in [0, 0.1) is 0 Å². The second kappa shape index (κ2) is 5.22. The third kappa shape index (κ3) is 2.44. The van der Waals surface area contributed by atoms with Gasteiger partial charge in [0.2, 0.25) is 0 Å². The Kier molecular flexibility index (Phi) is 3.26. The van der Waals surface area contributed by atoms with Gasteiger partial charge < -0.3 is 5.32 Å². The van der Waals surface area contributed by atoms with E-state index in [1.165, 1.54) is 12.4 Å². The Labute approximate surface area is 119 Å². The van der Waals surface area contributed by atoms with Crippen molar-refractivity contribution < 1.29 is 4.79 Å². The van der Waals surface area contributed by atoms with Gasteiger partial charge in [-0.2, -0.15) is 0 Å². The van der Waals surface area contributed by atoms with Gasteiger partial charge in [-0.1, -0.05) is 35.9 Å². The zero-order valence-electron chi connectivity index (χ0n) is 10.2. The molecule has 0 atom stereocenters. The quantitative estimate of drug-likeness (QED) is 0.785. The van der Waals surface area contributed by atoms with Crippen LogP contribution in [0.4, 0.5) is 5.82 Å². The molecule has 0 unspecified atom stereocenters. The number of hydrogen-bond donors (Lipinski definition) is 1. The van der Waals surface area contributed by atoms with E-state index in [-0.39, 0.29) is 16.9 Å². The number of hydrogen-bond acceptors (Lipinski definition) is 4. The number of anilines is 1. The Balaban J connectivity index is 1.97. The number of nitrogens with one attached hydrogen (secondary N) is 1. The molecule has 2 aromatic heterocycles. The summed E-state index contributed by atoms with van der Waals surface area (Å²) in [5, 5.41) is 4.58. The van der Waals surface area contributed by atoms with Gasteiger partial charge in [-0.3, -0.25) is 14.8 Å². The number of nitrogens with zero attached hydrogens (tertiary/aromatic N) is 3. The summed E-state index contributed by atoms with van der Waals surface area (Å²) < 4.78 is 0. The summed E-state index contributed by atoms with van der Waals surface area (Å²) in [6, 6.07) is 9.39. The molecule has 0 saturated carbocycles. The molecule has 20 heavy (non-hydrogen) atoms. The van der Waals surface area contributed by atoms with Crippen LogP contribution in [0.1, 0.15) is 10.5 Å². The van der Waals surface area contributed by atoms with Crippen molar-refractivity contribution >= 4 is 34.1 Å². The van der Waals surface area contributed by atoms with Crippen molar-refractivity contribution in [2.75, 3.05) is 5.32 Å². The number of pyridine rings is 1. The highest BCUT2D eigenvalue weighted by molar-refractivity contribution is 6.29. The average Bonchev–Trinajstić information content (AvgIpc) is 2.46. The smallest absolute Gasteiger partial charge is 0.276 e. The van der Waals surface area contributed by atoms with E-state index in [4.69, 9.17) is 11.6 Å². The molecule has 0 spiro atoms. The molecule has 0 aliphatic heterocycles. The van der Waals surface area contributed by atoms with Gasteiger partial charge in [-0.25, -0.2) is 4.98 Å². The van der Waals surface area contributed by atoms with E-state index in [1.807, 2.05) is 30.3 Å². The number of carbonyl (C=O) groups excluding carboxylic acids is 1. The zero-order valence-corrected chi connectivity index (χ0v) is 11.0. The lowest BCUT2D eigenvalue weighted by molar-refractivity contribution is 0.102. The fourth-order valence-corrected chi connectivity index (χ4v) is 2.03. The first-order valence-electron chi connectivity index (χ1n) is 5.87. The zero-order chi connectivity index (χ0) is 13.9. The molecule has 3 rings (SSSR count). The molecule has 0 bridgehead atoms. The second-order valence-electron chi connectivity index (χ2n) is 4.06. The van der Waals surface area contributed by atoms with Crippen LogP contribution in [-0.4, -0.2) is 20.9 Å². The summed E-state index contributed by atoms with van der Waals surface area (Å²) in [7, 11) is 0. The third-order valence-corrected chi connectivity index (χ3v) is 2.92. The molecule has 3 aromatic rings. The van der Waals surface area contributed by atoms with Gasteiger partial charge in [0.25, 0.3) is 5.91 Å². The van der Waals surface area contributed by atoms with E-state index in [2.05, 4.69) is 20.3 Å². The standard InChI is InChI=1S/C14H9ClN4O/c15-11-7-16-8-12(18-11)19-14(20)13-10-4-2-1-3-9(10)5-6-17-13/h1-8H,(H,18,19,20). The summed E-state index contributed by atoms with van der Waals surface area (Å²) in [6.45, 7) is 0. The maximum atomic E-state index is 12.3. The number of fused-ring (bicyclic) bond motifs is 1. The number of aromatic nitrogens is 3. The van der Waals surface area contributed by atoms with Crippen LogP contribution in [0.25, 0.3) is 10.8 Å². The topological polar surface area (TPSA) is 67.8 Å². The van der Waals surface area contributed by atoms with Crippen molar-refractivity contribution in [3.8, 4) is 0 Å². The number of benzene rings is 1. The van der Waals surface area contributed by atoms with E-state index in [1.54, 1.807) is 6.20 Å². The Bertz CT molecular complexity index is 785. The highest BCUT2D eigenvalue weighted by Crippen LogP contribution is 2.17. The maximum absolute atomic E-state index is 12.3. The first-order chi connectivity index (χ1) is 9.74. The first kappa shape index (κ1) is 12.5. The number of amides is 1. The van der Waals surface area contributed by atoms with Crippen LogP contribution in [-0.2, 0) is 0 Å². The summed E-state index contributed by atoms with van der Waals surface area (Å²) in [6.07, 6.45) is 4.42. The van der Waals surface area contributed by atoms with Crippen molar-refractivity contribution in [1.29, 1.82) is 0 Å². The minimum absolute atomic E-state index is 0.216. The molecule has 1 N–H and O–H groups in total. The lowest BCUT2D eigenvalue weighted by Crippen LogP contribution is -2.15. The van der Waals surface area contributed by atoms with E-state index in [9.17, 15) is 4.79 Å². The molecule has 0 aliphatic carbocycles. The molecule has 0 aliphatic rings. The SMILES string of the molecule is O=C(Nc1cncc(Cl)n1)c1nccc2ccccc12. The molecule has 0 saturated heterocycles. The fourth-order valence-electron chi connectivity index (χ4n) is 1.88. The highest BCUT2D eigenvalue weighted by Gasteiger charge is 2.12. The van der Waals surface area contributed by atoms with Crippen molar-refractivity contribution in [2.24, 2.45) is 0 Å². The molecule has 5 nitrogen and oxygen atoms in total. The lowest BCUT2D eigenvalue weighted by Gasteiger charge is -2.06. The highest BCUT2D eigenvalue weighted by atomic mass is 35.5. The first-order valence-corrected chi connectivity index (χ1v) is 6.24. The number of rotatable bonds is 2. The maximum Gasteiger partial charge on any atom is 0.276 e. The van der Waals surface area contributed by atoms with E-state index < -0.39 is 0 Å². The van der Waals surface area contributed by atoms with Gasteiger partial charge >= 0.3 is 0 Å². The van der Waals surface area contributed by atoms with Crippen LogP contribution in [0.5, 0.6) is 0 Å². The molecule has 0 radical (unpaired) electrons. The molecule has 2 heterocycles. The molecule has 1 amide bonds. The minimum atomic E-state index is -0.349. The van der Waals surface area contributed by atoms with Crippen molar-refractivity contribution in [3.05, 3.63) is 59.8 Å². The normalized spacial score (nSPS) is 10.4. The van der Waals surface area contributed by atoms with Crippen LogP contribution in [0.15, 0.2) is 48.9 Å². The molecular weight excluding hydrogens is 276 g/mol. The van der Waals surface area contributed by atoms with Crippen molar-refractivity contribution in [3.63, 3.8) is 0 Å². The molecule has 1 aromatic carbocycles. The van der Waals surface area contributed by atoms with Crippen LogP contribution in [0.3, 0.4) is 0 Å². The van der Waals surface area contributed by atoms with Gasteiger partial charge in [-0.15, -0.1) is 0 Å². The summed E-state index contributed by atoms with van der Waals surface area (Å²) >= 11 is 5.73.